The molecule has 0 radical (unpaired) electrons. The van der Waals surface area contributed by atoms with Crippen LogP contribution in [-0.4, -0.2) is 17.1 Å². The van der Waals surface area contributed by atoms with Crippen LogP contribution in [0.3, 0.4) is 0 Å². The summed E-state index contributed by atoms with van der Waals surface area (Å²) in [6.07, 6.45) is 1.69. The lowest BCUT2D eigenvalue weighted by Crippen LogP contribution is -2.11. The zero-order chi connectivity index (χ0) is 18.0. The van der Waals surface area contributed by atoms with Crippen molar-refractivity contribution in [2.75, 3.05) is 7.11 Å². The smallest absolute Gasteiger partial charge is 0.259 e. The molecule has 0 amide bonds. The van der Waals surface area contributed by atoms with Crippen molar-refractivity contribution in [2.24, 2.45) is 0 Å². The van der Waals surface area contributed by atoms with Crippen LogP contribution >= 0.6 is 15.9 Å². The van der Waals surface area contributed by atoms with Crippen molar-refractivity contribution < 1.29 is 4.74 Å². The molecule has 0 unspecified atom stereocenters. The number of nitriles is 1. The Kier molecular flexibility index (Phi) is 4.68. The monoisotopic (exact) mass is 395 g/mol. The number of aromatic nitrogens is 2. The van der Waals surface area contributed by atoms with E-state index >= 15 is 0 Å². The van der Waals surface area contributed by atoms with E-state index in [0.717, 1.165) is 21.3 Å². The topological polar surface area (TPSA) is 78.8 Å². The fourth-order valence-electron chi connectivity index (χ4n) is 2.55. The van der Waals surface area contributed by atoms with Gasteiger partial charge in [-0.2, -0.15) is 5.26 Å². The number of methoxy groups -OCH3 is 1. The van der Waals surface area contributed by atoms with Gasteiger partial charge in [0.2, 0.25) is 0 Å². The Labute approximate surface area is 152 Å². The number of nitrogens with zero attached hydrogens (tertiary/aromatic N) is 2. The number of benzene rings is 2. The summed E-state index contributed by atoms with van der Waals surface area (Å²) in [4.78, 5) is 19.4. The number of hydrogen-bond donors (Lipinski definition) is 1. The summed E-state index contributed by atoms with van der Waals surface area (Å²) in [5.74, 6) is 1.02. The molecule has 0 saturated carbocycles. The molecule has 2 aromatic carbocycles. The number of nitrogens with one attached hydrogen (secondary N) is 1. The highest BCUT2D eigenvalue weighted by atomic mass is 79.9. The van der Waals surface area contributed by atoms with E-state index in [1.54, 1.807) is 31.4 Å². The van der Waals surface area contributed by atoms with Crippen molar-refractivity contribution in [2.45, 2.75) is 6.92 Å². The number of rotatable bonds is 3. The Bertz CT molecular complexity index is 1090. The van der Waals surface area contributed by atoms with Crippen LogP contribution in [-0.2, 0) is 0 Å². The summed E-state index contributed by atoms with van der Waals surface area (Å²) >= 11 is 3.34. The third-order valence-corrected chi connectivity index (χ3v) is 4.27. The Balaban J connectivity index is 2.11. The number of halogens is 1. The van der Waals surface area contributed by atoms with E-state index < -0.39 is 0 Å². The van der Waals surface area contributed by atoms with Crippen LogP contribution < -0.4 is 10.3 Å². The van der Waals surface area contributed by atoms with Crippen LogP contribution in [0, 0.1) is 18.3 Å². The molecular weight excluding hydrogens is 382 g/mol. The number of aromatic amines is 1. The van der Waals surface area contributed by atoms with Crippen molar-refractivity contribution >= 4 is 38.5 Å². The fourth-order valence-corrected chi connectivity index (χ4v) is 2.91. The number of H-pyrrole nitrogens is 1. The SMILES string of the molecule is COc1ccc(/C=C(\C#N)c2nc3ccc(Br)cc3c(=O)[nH]2)cc1C. The van der Waals surface area contributed by atoms with E-state index in [1.165, 1.54) is 0 Å². The molecule has 1 heterocycles. The second-order valence-corrected chi connectivity index (χ2v) is 6.39. The van der Waals surface area contributed by atoms with Crippen molar-refractivity contribution in [1.82, 2.24) is 9.97 Å². The van der Waals surface area contributed by atoms with Crippen LogP contribution in [0.15, 0.2) is 45.7 Å². The maximum atomic E-state index is 12.3. The highest BCUT2D eigenvalue weighted by Gasteiger charge is 2.09. The molecule has 0 spiro atoms. The first-order valence-electron chi connectivity index (χ1n) is 7.48. The molecule has 25 heavy (non-hydrogen) atoms. The van der Waals surface area contributed by atoms with E-state index in [-0.39, 0.29) is 17.0 Å². The Hall–Kier alpha value is -2.91. The van der Waals surface area contributed by atoms with Gasteiger partial charge in [0.05, 0.1) is 23.6 Å². The minimum absolute atomic E-state index is 0.246. The number of allylic oxidation sites excluding steroid dienone is 1. The van der Waals surface area contributed by atoms with E-state index in [4.69, 9.17) is 4.74 Å². The molecule has 3 rings (SSSR count). The van der Waals surface area contributed by atoms with Crippen molar-refractivity contribution in [3.8, 4) is 11.8 Å². The molecule has 0 bridgehead atoms. The summed E-state index contributed by atoms with van der Waals surface area (Å²) in [7, 11) is 1.61. The Morgan fingerprint density at radius 1 is 1.32 bits per heavy atom. The zero-order valence-corrected chi connectivity index (χ0v) is 15.2. The van der Waals surface area contributed by atoms with Crippen molar-refractivity contribution in [3.63, 3.8) is 0 Å². The molecule has 0 aliphatic carbocycles. The standard InChI is InChI=1S/C19H14BrN3O2/c1-11-7-12(3-6-17(11)25-2)8-13(10-21)18-22-16-5-4-14(20)9-15(16)19(24)23-18/h3-9H,1-2H3,(H,22,23,24)/b13-8+. The van der Waals surface area contributed by atoms with Gasteiger partial charge < -0.3 is 9.72 Å². The van der Waals surface area contributed by atoms with E-state index in [1.807, 2.05) is 25.1 Å². The molecular formula is C19H14BrN3O2. The predicted octanol–water partition coefficient (Wildman–Crippen LogP) is 4.07. The molecule has 0 aliphatic heterocycles. The zero-order valence-electron chi connectivity index (χ0n) is 13.6. The maximum absolute atomic E-state index is 12.3. The van der Waals surface area contributed by atoms with E-state index in [2.05, 4.69) is 32.0 Å². The molecule has 0 aliphatic rings. The number of ether oxygens (including phenoxy) is 1. The lowest BCUT2D eigenvalue weighted by Gasteiger charge is -2.06. The van der Waals surface area contributed by atoms with Crippen LogP contribution in [0.5, 0.6) is 5.75 Å². The van der Waals surface area contributed by atoms with Gasteiger partial charge in [-0.1, -0.05) is 22.0 Å². The number of fused-ring (bicyclic) bond motifs is 1. The lowest BCUT2D eigenvalue weighted by atomic mass is 10.1. The molecule has 124 valence electrons. The Morgan fingerprint density at radius 3 is 2.80 bits per heavy atom. The van der Waals surface area contributed by atoms with Gasteiger partial charge in [-0.25, -0.2) is 4.98 Å². The van der Waals surface area contributed by atoms with Gasteiger partial charge in [-0.05, 0) is 54.5 Å². The first-order chi connectivity index (χ1) is 12.0. The highest BCUT2D eigenvalue weighted by molar-refractivity contribution is 9.10. The molecule has 3 aromatic rings. The van der Waals surface area contributed by atoms with Gasteiger partial charge in [0.25, 0.3) is 5.56 Å². The quantitative estimate of drug-likeness (QED) is 0.677. The number of hydrogen-bond acceptors (Lipinski definition) is 4. The molecule has 5 nitrogen and oxygen atoms in total. The van der Waals surface area contributed by atoms with Gasteiger partial charge in [0.1, 0.15) is 11.8 Å². The minimum Gasteiger partial charge on any atom is -0.496 e. The molecule has 1 N–H and O–H groups in total. The molecule has 0 saturated heterocycles. The average Bonchev–Trinajstić information content (AvgIpc) is 2.60. The average molecular weight is 396 g/mol. The molecule has 0 atom stereocenters. The maximum Gasteiger partial charge on any atom is 0.259 e. The van der Waals surface area contributed by atoms with Crippen LogP contribution in [0.1, 0.15) is 17.0 Å². The molecule has 0 fully saturated rings. The van der Waals surface area contributed by atoms with Gasteiger partial charge in [0.15, 0.2) is 5.82 Å². The van der Waals surface area contributed by atoms with Gasteiger partial charge in [-0.15, -0.1) is 0 Å². The summed E-state index contributed by atoms with van der Waals surface area (Å²) in [6.45, 7) is 1.93. The Morgan fingerprint density at radius 2 is 2.12 bits per heavy atom. The summed E-state index contributed by atoms with van der Waals surface area (Å²) < 4.78 is 6.04. The van der Waals surface area contributed by atoms with E-state index in [0.29, 0.717) is 10.9 Å². The largest absolute Gasteiger partial charge is 0.496 e. The van der Waals surface area contributed by atoms with Gasteiger partial charge in [-0.3, -0.25) is 4.79 Å². The highest BCUT2D eigenvalue weighted by Crippen LogP contribution is 2.22. The summed E-state index contributed by atoms with van der Waals surface area (Å²) in [5.41, 5.74) is 2.32. The second kappa shape index (κ2) is 6.91. The lowest BCUT2D eigenvalue weighted by molar-refractivity contribution is 0.411. The first-order valence-corrected chi connectivity index (χ1v) is 8.27. The van der Waals surface area contributed by atoms with Crippen molar-refractivity contribution in [1.29, 1.82) is 5.26 Å². The van der Waals surface area contributed by atoms with Crippen molar-refractivity contribution in [3.05, 3.63) is 68.2 Å². The fraction of sp³-hybridized carbons (Fsp3) is 0.105. The van der Waals surface area contributed by atoms with Crippen LogP contribution in [0.2, 0.25) is 0 Å². The summed E-state index contributed by atoms with van der Waals surface area (Å²) in [5, 5.41) is 9.97. The third kappa shape index (κ3) is 3.47. The summed E-state index contributed by atoms with van der Waals surface area (Å²) in [6, 6.07) is 12.9. The second-order valence-electron chi connectivity index (χ2n) is 5.47. The number of aryl methyl sites for hydroxylation is 1. The minimum atomic E-state index is -0.284. The van der Waals surface area contributed by atoms with Gasteiger partial charge in [0, 0.05) is 4.47 Å². The first kappa shape index (κ1) is 16.9. The van der Waals surface area contributed by atoms with Gasteiger partial charge >= 0.3 is 0 Å². The predicted molar refractivity (Wildman–Crippen MR) is 101 cm³/mol. The van der Waals surface area contributed by atoms with Crippen LogP contribution in [0.25, 0.3) is 22.6 Å². The van der Waals surface area contributed by atoms with E-state index in [9.17, 15) is 10.1 Å². The van der Waals surface area contributed by atoms with Crippen LogP contribution in [0.4, 0.5) is 0 Å². The molecule has 6 heteroatoms. The normalized spacial score (nSPS) is 11.4. The molecule has 1 aromatic heterocycles. The third-order valence-electron chi connectivity index (χ3n) is 3.77.